The summed E-state index contributed by atoms with van der Waals surface area (Å²) >= 11 is 0. The Labute approximate surface area is 144 Å². The van der Waals surface area contributed by atoms with Gasteiger partial charge < -0.3 is 18.7 Å². The van der Waals surface area contributed by atoms with E-state index in [1.165, 1.54) is 14.2 Å². The molecule has 0 spiro atoms. The third-order valence-corrected chi connectivity index (χ3v) is 3.61. The van der Waals surface area contributed by atoms with Crippen LogP contribution in [0.5, 0.6) is 11.5 Å². The summed E-state index contributed by atoms with van der Waals surface area (Å²) in [7, 11) is 2.96. The molecule has 0 aliphatic carbocycles. The number of benzene rings is 2. The highest BCUT2D eigenvalue weighted by molar-refractivity contribution is 5.95. The zero-order valence-corrected chi connectivity index (χ0v) is 13.9. The Bertz CT molecular complexity index is 835. The molecule has 3 rings (SSSR count). The average Bonchev–Trinajstić information content (AvgIpc) is 3.15. The van der Waals surface area contributed by atoms with Gasteiger partial charge in [0.1, 0.15) is 22.8 Å². The normalized spacial score (nSPS) is 10.3. The number of nitrogens with zero attached hydrogens (tertiary/aromatic N) is 1. The van der Waals surface area contributed by atoms with Crippen LogP contribution in [0.1, 0.15) is 16.1 Å². The number of methoxy groups -OCH3 is 2. The van der Waals surface area contributed by atoms with Crippen molar-refractivity contribution in [2.75, 3.05) is 14.2 Å². The van der Waals surface area contributed by atoms with Gasteiger partial charge in [-0.05, 0) is 12.1 Å². The number of hydrogen-bond acceptors (Lipinski definition) is 6. The Kier molecular flexibility index (Phi) is 4.99. The predicted octanol–water partition coefficient (Wildman–Crippen LogP) is 3.72. The zero-order chi connectivity index (χ0) is 17.6. The Morgan fingerprint density at radius 2 is 1.68 bits per heavy atom. The third-order valence-electron chi connectivity index (χ3n) is 3.61. The van der Waals surface area contributed by atoms with Crippen molar-refractivity contribution in [1.82, 2.24) is 5.16 Å². The number of aromatic nitrogens is 1. The first-order valence-electron chi connectivity index (χ1n) is 7.62. The Hall–Kier alpha value is -3.28. The molecule has 0 amide bonds. The lowest BCUT2D eigenvalue weighted by atomic mass is 10.1. The third kappa shape index (κ3) is 3.63. The monoisotopic (exact) mass is 339 g/mol. The number of ether oxygens (including phenoxy) is 3. The highest BCUT2D eigenvalue weighted by atomic mass is 16.6. The lowest BCUT2D eigenvalue weighted by Crippen LogP contribution is -2.09. The van der Waals surface area contributed by atoms with Crippen molar-refractivity contribution in [2.45, 2.75) is 6.61 Å². The van der Waals surface area contributed by atoms with Crippen LogP contribution in [-0.2, 0) is 11.3 Å². The van der Waals surface area contributed by atoms with Crippen molar-refractivity contribution in [3.63, 3.8) is 0 Å². The van der Waals surface area contributed by atoms with Crippen molar-refractivity contribution < 1.29 is 23.5 Å². The SMILES string of the molecule is COc1cccc(OC)c1C(=O)OCc1cc(-c2ccccc2)no1. The van der Waals surface area contributed by atoms with E-state index in [4.69, 9.17) is 18.7 Å². The molecule has 0 bridgehead atoms. The second-order valence-electron chi connectivity index (χ2n) is 5.16. The minimum atomic E-state index is -0.563. The lowest BCUT2D eigenvalue weighted by Gasteiger charge is -2.11. The second-order valence-corrected chi connectivity index (χ2v) is 5.16. The minimum absolute atomic E-state index is 0.0418. The molecule has 0 saturated heterocycles. The Morgan fingerprint density at radius 1 is 1.00 bits per heavy atom. The fourth-order valence-corrected chi connectivity index (χ4v) is 2.39. The summed E-state index contributed by atoms with van der Waals surface area (Å²) in [5.74, 6) is 0.645. The number of carbonyl (C=O) groups is 1. The molecule has 3 aromatic rings. The van der Waals surface area contributed by atoms with Crippen LogP contribution in [0.3, 0.4) is 0 Å². The summed E-state index contributed by atoms with van der Waals surface area (Å²) in [6, 6.07) is 16.4. The molecule has 0 saturated carbocycles. The summed E-state index contributed by atoms with van der Waals surface area (Å²) in [6.45, 7) is -0.0418. The van der Waals surface area contributed by atoms with E-state index < -0.39 is 5.97 Å². The molecule has 0 unspecified atom stereocenters. The zero-order valence-electron chi connectivity index (χ0n) is 13.9. The van der Waals surface area contributed by atoms with Gasteiger partial charge in [0, 0.05) is 11.6 Å². The molecule has 0 aliphatic heterocycles. The summed E-state index contributed by atoms with van der Waals surface area (Å²) in [6.07, 6.45) is 0. The quantitative estimate of drug-likeness (QED) is 0.638. The van der Waals surface area contributed by atoms with Gasteiger partial charge in [-0.25, -0.2) is 4.79 Å². The van der Waals surface area contributed by atoms with Crippen molar-refractivity contribution in [1.29, 1.82) is 0 Å². The van der Waals surface area contributed by atoms with Crippen LogP contribution in [0.25, 0.3) is 11.3 Å². The highest BCUT2D eigenvalue weighted by Gasteiger charge is 2.20. The van der Waals surface area contributed by atoms with Gasteiger partial charge in [0.15, 0.2) is 12.4 Å². The maximum absolute atomic E-state index is 12.4. The summed E-state index contributed by atoms with van der Waals surface area (Å²) < 4.78 is 21.0. The van der Waals surface area contributed by atoms with Crippen molar-refractivity contribution >= 4 is 5.97 Å². The summed E-state index contributed by atoms with van der Waals surface area (Å²) in [5, 5.41) is 3.99. The molecule has 6 nitrogen and oxygen atoms in total. The average molecular weight is 339 g/mol. The second kappa shape index (κ2) is 7.53. The largest absolute Gasteiger partial charge is 0.496 e. The smallest absolute Gasteiger partial charge is 0.346 e. The molecule has 6 heteroatoms. The van der Waals surface area contributed by atoms with E-state index in [-0.39, 0.29) is 12.2 Å². The Balaban J connectivity index is 1.72. The van der Waals surface area contributed by atoms with E-state index in [0.29, 0.717) is 23.0 Å². The fourth-order valence-electron chi connectivity index (χ4n) is 2.39. The molecular formula is C19H17NO5. The van der Waals surface area contributed by atoms with Gasteiger partial charge >= 0.3 is 5.97 Å². The van der Waals surface area contributed by atoms with E-state index in [1.807, 2.05) is 30.3 Å². The van der Waals surface area contributed by atoms with Gasteiger partial charge in [-0.2, -0.15) is 0 Å². The number of rotatable bonds is 6. The molecular weight excluding hydrogens is 322 g/mol. The lowest BCUT2D eigenvalue weighted by molar-refractivity contribution is 0.0430. The van der Waals surface area contributed by atoms with Crippen LogP contribution in [0.2, 0.25) is 0 Å². The Morgan fingerprint density at radius 3 is 2.32 bits per heavy atom. The van der Waals surface area contributed by atoms with Crippen molar-refractivity contribution in [2.24, 2.45) is 0 Å². The van der Waals surface area contributed by atoms with Gasteiger partial charge in [0.2, 0.25) is 0 Å². The summed E-state index contributed by atoms with van der Waals surface area (Å²) in [5.41, 5.74) is 1.84. The number of esters is 1. The van der Waals surface area contributed by atoms with Gasteiger partial charge in [-0.1, -0.05) is 41.6 Å². The predicted molar refractivity (Wildman–Crippen MR) is 90.6 cm³/mol. The van der Waals surface area contributed by atoms with Crippen molar-refractivity contribution in [3.05, 3.63) is 65.9 Å². The molecule has 0 atom stereocenters. The maximum atomic E-state index is 12.4. The molecule has 1 aromatic heterocycles. The van der Waals surface area contributed by atoms with Crippen LogP contribution in [0, 0.1) is 0 Å². The van der Waals surface area contributed by atoms with Gasteiger partial charge in [-0.3, -0.25) is 0 Å². The molecule has 1 heterocycles. The van der Waals surface area contributed by atoms with Crippen LogP contribution < -0.4 is 9.47 Å². The van der Waals surface area contributed by atoms with Crippen LogP contribution >= 0.6 is 0 Å². The molecule has 0 radical (unpaired) electrons. The van der Waals surface area contributed by atoms with E-state index in [1.54, 1.807) is 24.3 Å². The molecule has 0 fully saturated rings. The summed E-state index contributed by atoms with van der Waals surface area (Å²) in [4.78, 5) is 12.4. The topological polar surface area (TPSA) is 70.8 Å². The first kappa shape index (κ1) is 16.6. The maximum Gasteiger partial charge on any atom is 0.346 e. The highest BCUT2D eigenvalue weighted by Crippen LogP contribution is 2.29. The number of hydrogen-bond donors (Lipinski definition) is 0. The van der Waals surface area contributed by atoms with Gasteiger partial charge in [-0.15, -0.1) is 0 Å². The molecule has 2 aromatic carbocycles. The van der Waals surface area contributed by atoms with Gasteiger partial charge in [0.25, 0.3) is 0 Å². The van der Waals surface area contributed by atoms with E-state index in [0.717, 1.165) is 5.56 Å². The van der Waals surface area contributed by atoms with Crippen LogP contribution in [-0.4, -0.2) is 25.3 Å². The molecule has 25 heavy (non-hydrogen) atoms. The van der Waals surface area contributed by atoms with E-state index in [2.05, 4.69) is 5.16 Å². The molecule has 128 valence electrons. The first-order valence-corrected chi connectivity index (χ1v) is 7.62. The molecule has 0 aliphatic rings. The van der Waals surface area contributed by atoms with Crippen molar-refractivity contribution in [3.8, 4) is 22.8 Å². The number of carbonyl (C=O) groups excluding carboxylic acids is 1. The fraction of sp³-hybridized carbons (Fsp3) is 0.158. The van der Waals surface area contributed by atoms with Gasteiger partial charge in [0.05, 0.1) is 14.2 Å². The minimum Gasteiger partial charge on any atom is -0.496 e. The van der Waals surface area contributed by atoms with Crippen LogP contribution in [0.15, 0.2) is 59.1 Å². The van der Waals surface area contributed by atoms with E-state index in [9.17, 15) is 4.79 Å². The molecule has 0 N–H and O–H groups in total. The van der Waals surface area contributed by atoms with Crippen LogP contribution in [0.4, 0.5) is 0 Å². The standard InChI is InChI=1S/C19H17NO5/c1-22-16-9-6-10-17(23-2)18(16)19(21)24-12-14-11-15(20-25-14)13-7-4-3-5-8-13/h3-11H,12H2,1-2H3. The first-order chi connectivity index (χ1) is 12.2. The van der Waals surface area contributed by atoms with E-state index >= 15 is 0 Å².